The van der Waals surface area contributed by atoms with Crippen molar-refractivity contribution >= 4 is 11.8 Å². The number of carbonyl (C=O) groups excluding carboxylic acids is 2. The van der Waals surface area contributed by atoms with E-state index >= 15 is 0 Å². The van der Waals surface area contributed by atoms with E-state index in [2.05, 4.69) is 26.8 Å². The highest BCUT2D eigenvalue weighted by Gasteiger charge is 2.60. The Morgan fingerprint density at radius 1 is 1.03 bits per heavy atom. The number of rotatable bonds is 8. The quantitative estimate of drug-likeness (QED) is 0.277. The minimum atomic E-state index is -0.476. The molecule has 3 saturated carbocycles. The highest BCUT2D eigenvalue weighted by atomic mass is 16.5. The molecule has 0 amide bonds. The summed E-state index contributed by atoms with van der Waals surface area (Å²) in [5.74, 6) is 1.30. The first-order valence-corrected chi connectivity index (χ1v) is 13.4. The maximum absolute atomic E-state index is 12.6. The van der Waals surface area contributed by atoms with E-state index in [0.717, 1.165) is 51.4 Å². The summed E-state index contributed by atoms with van der Waals surface area (Å²) >= 11 is 0. The molecule has 0 aliphatic heterocycles. The highest BCUT2D eigenvalue weighted by Crippen LogP contribution is 2.64. The zero-order valence-electron chi connectivity index (χ0n) is 20.5. The number of hydrogen-bond donors (Lipinski definition) is 1. The van der Waals surface area contributed by atoms with Crippen LogP contribution in [0.4, 0.5) is 0 Å². The van der Waals surface area contributed by atoms with Gasteiger partial charge in [-0.15, -0.1) is 0 Å². The van der Waals surface area contributed by atoms with Crippen LogP contribution in [0.3, 0.4) is 0 Å². The number of Topliss-reactive ketones (excluding diaryl/α,β-unsaturated/α-hetero) is 1. The van der Waals surface area contributed by atoms with Crippen molar-refractivity contribution in [3.8, 4) is 0 Å². The topological polar surface area (TPSA) is 63.6 Å². The molecule has 0 heterocycles. The second-order valence-electron chi connectivity index (χ2n) is 11.7. The number of aliphatic hydroxyl groups excluding tert-OH is 1. The summed E-state index contributed by atoms with van der Waals surface area (Å²) in [6.07, 6.45) is 15.4. The molecule has 7 atom stereocenters. The fourth-order valence-corrected chi connectivity index (χ4v) is 7.78. The normalized spacial score (nSPS) is 40.8. The first-order chi connectivity index (χ1) is 15.3. The van der Waals surface area contributed by atoms with Gasteiger partial charge in [0.15, 0.2) is 0 Å². The molecular weight excluding hydrogens is 400 g/mol. The zero-order chi connectivity index (χ0) is 22.9. The number of fused-ring (bicyclic) bond motifs is 5. The van der Waals surface area contributed by atoms with Gasteiger partial charge < -0.3 is 9.84 Å². The second kappa shape index (κ2) is 9.60. The summed E-state index contributed by atoms with van der Waals surface area (Å²) in [7, 11) is 0. The molecule has 0 aromatic carbocycles. The predicted octanol–water partition coefficient (Wildman–Crippen LogP) is 6.15. The van der Waals surface area contributed by atoms with Crippen molar-refractivity contribution in [1.82, 2.24) is 0 Å². The molecule has 32 heavy (non-hydrogen) atoms. The minimum Gasteiger partial charge on any atom is -0.462 e. The van der Waals surface area contributed by atoms with Gasteiger partial charge in [0.05, 0.1) is 6.10 Å². The lowest BCUT2D eigenvalue weighted by atomic mass is 9.47. The van der Waals surface area contributed by atoms with Gasteiger partial charge in [0, 0.05) is 24.7 Å². The second-order valence-corrected chi connectivity index (χ2v) is 11.7. The van der Waals surface area contributed by atoms with Gasteiger partial charge in [0.1, 0.15) is 11.9 Å². The van der Waals surface area contributed by atoms with E-state index in [1.807, 2.05) is 0 Å². The SMILES string of the molecule is CCCCCCCCC(=O)O[C@H]1CC[C@@]2(C)C(=CC(O)C3C2CC[C@]2(C)C(=O)CCC32)C1. The molecule has 0 bridgehead atoms. The molecule has 4 rings (SSSR count). The molecule has 4 unspecified atom stereocenters. The van der Waals surface area contributed by atoms with Crippen LogP contribution in [0.1, 0.15) is 111 Å². The summed E-state index contributed by atoms with van der Waals surface area (Å²) in [4.78, 5) is 25.0. The molecule has 0 saturated heterocycles. The van der Waals surface area contributed by atoms with Crippen molar-refractivity contribution in [2.24, 2.45) is 28.6 Å². The number of unbranched alkanes of at least 4 members (excludes halogenated alkanes) is 5. The Labute approximate surface area is 194 Å². The Kier molecular flexibility index (Phi) is 7.20. The van der Waals surface area contributed by atoms with Crippen LogP contribution in [-0.4, -0.2) is 29.1 Å². The van der Waals surface area contributed by atoms with Gasteiger partial charge in [-0.2, -0.15) is 0 Å². The Bertz CT molecular complexity index is 742. The Hall–Kier alpha value is -1.16. The number of aliphatic hydroxyl groups is 1. The van der Waals surface area contributed by atoms with E-state index in [0.29, 0.717) is 30.5 Å². The van der Waals surface area contributed by atoms with Gasteiger partial charge in [0.25, 0.3) is 0 Å². The van der Waals surface area contributed by atoms with Crippen LogP contribution < -0.4 is 0 Å². The van der Waals surface area contributed by atoms with Gasteiger partial charge in [-0.05, 0) is 61.7 Å². The lowest BCUT2D eigenvalue weighted by molar-refractivity contribution is -0.152. The molecule has 0 aromatic heterocycles. The van der Waals surface area contributed by atoms with Crippen molar-refractivity contribution in [3.05, 3.63) is 11.6 Å². The van der Waals surface area contributed by atoms with E-state index < -0.39 is 6.10 Å². The van der Waals surface area contributed by atoms with Gasteiger partial charge >= 0.3 is 5.97 Å². The van der Waals surface area contributed by atoms with E-state index in [9.17, 15) is 14.7 Å². The van der Waals surface area contributed by atoms with Crippen LogP contribution in [0.2, 0.25) is 0 Å². The lowest BCUT2D eigenvalue weighted by Crippen LogP contribution is -2.54. The summed E-state index contributed by atoms with van der Waals surface area (Å²) in [6.45, 7) is 6.74. The van der Waals surface area contributed by atoms with Crippen molar-refractivity contribution < 1.29 is 19.4 Å². The average Bonchev–Trinajstić information content (AvgIpc) is 3.06. The summed E-state index contributed by atoms with van der Waals surface area (Å²) in [5.41, 5.74) is 1.13. The number of carbonyl (C=O) groups is 2. The van der Waals surface area contributed by atoms with Crippen molar-refractivity contribution in [2.45, 2.75) is 123 Å². The molecule has 0 spiro atoms. The third-order valence-electron chi connectivity index (χ3n) is 9.83. The molecule has 180 valence electrons. The summed E-state index contributed by atoms with van der Waals surface area (Å²) in [5, 5.41) is 11.2. The average molecular weight is 445 g/mol. The van der Waals surface area contributed by atoms with Crippen LogP contribution in [0.5, 0.6) is 0 Å². The van der Waals surface area contributed by atoms with Crippen LogP contribution in [0.15, 0.2) is 11.6 Å². The fourth-order valence-electron chi connectivity index (χ4n) is 7.78. The van der Waals surface area contributed by atoms with Crippen LogP contribution >= 0.6 is 0 Å². The standard InChI is InChI=1S/C28H44O4/c1-4-5-6-7-8-9-10-25(31)32-20-13-15-27(2)19(17-20)18-23(29)26-21-11-12-24(30)28(21,3)16-14-22(26)27/h18,20-23,26,29H,4-17H2,1-3H3/t20-,21?,22?,23?,26?,27-,28-/m0/s1. The highest BCUT2D eigenvalue weighted by molar-refractivity contribution is 5.87. The lowest BCUT2D eigenvalue weighted by Gasteiger charge is -2.58. The van der Waals surface area contributed by atoms with Gasteiger partial charge in [-0.1, -0.05) is 64.5 Å². The van der Waals surface area contributed by atoms with Crippen LogP contribution in [0.25, 0.3) is 0 Å². The van der Waals surface area contributed by atoms with E-state index in [4.69, 9.17) is 4.74 Å². The molecule has 1 N–H and O–H groups in total. The third-order valence-corrected chi connectivity index (χ3v) is 9.83. The van der Waals surface area contributed by atoms with Crippen LogP contribution in [0, 0.1) is 28.6 Å². The Morgan fingerprint density at radius 3 is 2.50 bits per heavy atom. The molecule has 4 aliphatic carbocycles. The number of hydrogen-bond acceptors (Lipinski definition) is 4. The molecule has 3 fully saturated rings. The van der Waals surface area contributed by atoms with E-state index in [1.54, 1.807) is 0 Å². The molecule has 0 aromatic rings. The number of ether oxygens (including phenoxy) is 1. The Morgan fingerprint density at radius 2 is 1.72 bits per heavy atom. The van der Waals surface area contributed by atoms with Gasteiger partial charge in [0.2, 0.25) is 0 Å². The molecule has 0 radical (unpaired) electrons. The van der Waals surface area contributed by atoms with Crippen molar-refractivity contribution in [2.75, 3.05) is 0 Å². The summed E-state index contributed by atoms with van der Waals surface area (Å²) < 4.78 is 5.88. The monoisotopic (exact) mass is 444 g/mol. The number of esters is 1. The van der Waals surface area contributed by atoms with Crippen LogP contribution in [-0.2, 0) is 14.3 Å². The Balaban J connectivity index is 1.36. The molecule has 4 nitrogen and oxygen atoms in total. The zero-order valence-corrected chi connectivity index (χ0v) is 20.5. The molecule has 4 aliphatic rings. The largest absolute Gasteiger partial charge is 0.462 e. The molecular formula is C28H44O4. The molecule has 4 heteroatoms. The maximum atomic E-state index is 12.6. The van der Waals surface area contributed by atoms with Crippen molar-refractivity contribution in [1.29, 1.82) is 0 Å². The van der Waals surface area contributed by atoms with E-state index in [-0.39, 0.29) is 28.8 Å². The van der Waals surface area contributed by atoms with Gasteiger partial charge in [-0.25, -0.2) is 0 Å². The van der Waals surface area contributed by atoms with Crippen molar-refractivity contribution in [3.63, 3.8) is 0 Å². The van der Waals surface area contributed by atoms with Gasteiger partial charge in [-0.3, -0.25) is 9.59 Å². The predicted molar refractivity (Wildman–Crippen MR) is 126 cm³/mol. The maximum Gasteiger partial charge on any atom is 0.306 e. The number of ketones is 1. The smallest absolute Gasteiger partial charge is 0.306 e. The third kappa shape index (κ3) is 4.33. The van der Waals surface area contributed by atoms with E-state index in [1.165, 1.54) is 31.3 Å². The first-order valence-electron chi connectivity index (χ1n) is 13.4. The minimum absolute atomic E-state index is 0.0485. The fraction of sp³-hybridized carbons (Fsp3) is 0.857. The first kappa shape index (κ1) is 24.0. The summed E-state index contributed by atoms with van der Waals surface area (Å²) in [6, 6.07) is 0.